The molecule has 39 heavy (non-hydrogen) atoms. The molecule has 0 aromatic heterocycles. The van der Waals surface area contributed by atoms with E-state index in [0.29, 0.717) is 16.9 Å². The number of ketones is 2. The van der Waals surface area contributed by atoms with E-state index in [1.807, 2.05) is 0 Å². The van der Waals surface area contributed by atoms with Gasteiger partial charge in [0.1, 0.15) is 28.9 Å². The lowest BCUT2D eigenvalue weighted by Crippen LogP contribution is -2.51. The Bertz CT molecular complexity index is 1200. The van der Waals surface area contributed by atoms with Crippen LogP contribution in [0.4, 0.5) is 0 Å². The first-order valence-corrected chi connectivity index (χ1v) is 12.3. The number of Topliss-reactive ketones (excluding diaryl/α,β-unsaturated/α-hetero) is 2. The number of benzene rings is 2. The van der Waals surface area contributed by atoms with E-state index in [0.717, 1.165) is 0 Å². The molecule has 2 rings (SSSR count). The lowest BCUT2D eigenvalue weighted by atomic mass is 10.0. The quantitative estimate of drug-likeness (QED) is 0.306. The molecule has 0 radical (unpaired) electrons. The Morgan fingerprint density at radius 1 is 0.821 bits per heavy atom. The van der Waals surface area contributed by atoms with Crippen LogP contribution in [0.15, 0.2) is 36.4 Å². The molecular formula is C28H35N3O8. The van der Waals surface area contributed by atoms with Crippen LogP contribution < -0.4 is 30.2 Å². The van der Waals surface area contributed by atoms with Gasteiger partial charge in [0.05, 0.1) is 40.8 Å². The van der Waals surface area contributed by atoms with Crippen LogP contribution in [0.25, 0.3) is 0 Å². The monoisotopic (exact) mass is 541 g/mol. The first-order valence-electron chi connectivity index (χ1n) is 12.3. The molecule has 3 N–H and O–H groups in total. The van der Waals surface area contributed by atoms with Gasteiger partial charge in [0.25, 0.3) is 5.91 Å². The van der Waals surface area contributed by atoms with Crippen molar-refractivity contribution in [1.82, 2.24) is 16.0 Å². The lowest BCUT2D eigenvalue weighted by molar-refractivity contribution is -0.130. The first-order chi connectivity index (χ1) is 18.5. The van der Waals surface area contributed by atoms with E-state index in [1.54, 1.807) is 50.2 Å². The number of carbonyl (C=O) groups excluding carboxylic acids is 5. The third kappa shape index (κ3) is 8.56. The molecule has 0 bridgehead atoms. The van der Waals surface area contributed by atoms with Gasteiger partial charge in [-0.1, -0.05) is 19.9 Å². The minimum Gasteiger partial charge on any atom is -0.496 e. The summed E-state index contributed by atoms with van der Waals surface area (Å²) >= 11 is 0. The first kappa shape index (κ1) is 30.8. The van der Waals surface area contributed by atoms with Crippen molar-refractivity contribution < 1.29 is 38.2 Å². The van der Waals surface area contributed by atoms with Crippen LogP contribution in [-0.4, -0.2) is 69.7 Å². The van der Waals surface area contributed by atoms with E-state index < -0.39 is 29.5 Å². The maximum absolute atomic E-state index is 12.8. The van der Waals surface area contributed by atoms with Crippen molar-refractivity contribution in [3.05, 3.63) is 53.1 Å². The zero-order valence-corrected chi connectivity index (χ0v) is 23.0. The Balaban J connectivity index is 1.96. The molecule has 0 heterocycles. The van der Waals surface area contributed by atoms with Crippen molar-refractivity contribution in [3.63, 3.8) is 0 Å². The van der Waals surface area contributed by atoms with Gasteiger partial charge in [0, 0.05) is 11.1 Å². The summed E-state index contributed by atoms with van der Waals surface area (Å²) in [6, 6.07) is 8.74. The lowest BCUT2D eigenvalue weighted by Gasteiger charge is -2.22. The van der Waals surface area contributed by atoms with Crippen LogP contribution in [-0.2, 0) is 20.8 Å². The number of hydrogen-bond donors (Lipinski definition) is 3. The molecule has 210 valence electrons. The molecule has 11 heteroatoms. The Morgan fingerprint density at radius 2 is 1.41 bits per heavy atom. The minimum atomic E-state index is -0.917. The van der Waals surface area contributed by atoms with E-state index >= 15 is 0 Å². The number of ether oxygens (including phenoxy) is 3. The highest BCUT2D eigenvalue weighted by molar-refractivity contribution is 6.02. The van der Waals surface area contributed by atoms with Crippen LogP contribution in [0.5, 0.6) is 17.2 Å². The van der Waals surface area contributed by atoms with Crippen LogP contribution in [0.1, 0.15) is 47.1 Å². The fourth-order valence-corrected chi connectivity index (χ4v) is 3.77. The molecule has 0 aliphatic heterocycles. The number of methoxy groups -OCH3 is 3. The molecule has 0 fully saturated rings. The van der Waals surface area contributed by atoms with Gasteiger partial charge in [0.2, 0.25) is 11.8 Å². The van der Waals surface area contributed by atoms with Crippen LogP contribution >= 0.6 is 0 Å². The molecule has 0 saturated heterocycles. The highest BCUT2D eigenvalue weighted by Crippen LogP contribution is 2.27. The molecule has 1 atom stereocenters. The third-order valence-electron chi connectivity index (χ3n) is 5.86. The maximum Gasteiger partial charge on any atom is 0.259 e. The molecule has 11 nitrogen and oxygen atoms in total. The summed E-state index contributed by atoms with van der Waals surface area (Å²) in [6.07, 6.45) is -0.113. The summed E-state index contributed by atoms with van der Waals surface area (Å²) in [6.45, 7) is 4.24. The van der Waals surface area contributed by atoms with Gasteiger partial charge in [-0.2, -0.15) is 0 Å². The van der Waals surface area contributed by atoms with Crippen molar-refractivity contribution >= 4 is 29.3 Å². The van der Waals surface area contributed by atoms with Gasteiger partial charge in [-0.25, -0.2) is 0 Å². The average molecular weight is 542 g/mol. The fraction of sp³-hybridized carbons (Fsp3) is 0.393. The van der Waals surface area contributed by atoms with Crippen molar-refractivity contribution in [3.8, 4) is 17.2 Å². The second-order valence-corrected chi connectivity index (χ2v) is 9.03. The highest BCUT2D eigenvalue weighted by Gasteiger charge is 2.25. The van der Waals surface area contributed by atoms with E-state index in [1.165, 1.54) is 28.3 Å². The van der Waals surface area contributed by atoms with Crippen molar-refractivity contribution in [1.29, 1.82) is 0 Å². The zero-order valence-electron chi connectivity index (χ0n) is 23.0. The molecule has 2 aromatic rings. The second-order valence-electron chi connectivity index (χ2n) is 9.03. The standard InChI is InChI=1S/C28H35N3O8/c1-16(2)26(31-24(34)13-19-12-18(17(3)32)10-11-21(19)37-4)28(36)30-15-20(33)14-29-27(35)25-22(38-5)8-7-9-23(25)39-6/h7-12,16,26H,13-15H2,1-6H3,(H,29,35)(H,30,36)(H,31,34). The van der Waals surface area contributed by atoms with Crippen molar-refractivity contribution in [2.45, 2.75) is 33.2 Å². The van der Waals surface area contributed by atoms with Gasteiger partial charge < -0.3 is 30.2 Å². The normalized spacial score (nSPS) is 11.3. The molecule has 0 aliphatic carbocycles. The number of nitrogens with one attached hydrogen (secondary N) is 3. The number of rotatable bonds is 14. The summed E-state index contributed by atoms with van der Waals surface area (Å²) in [5, 5.41) is 7.70. The topological polar surface area (TPSA) is 149 Å². The van der Waals surface area contributed by atoms with Gasteiger partial charge >= 0.3 is 0 Å². The predicted octanol–water partition coefficient (Wildman–Crippen LogP) is 1.71. The fourth-order valence-electron chi connectivity index (χ4n) is 3.77. The molecule has 0 saturated carbocycles. The molecule has 0 aliphatic rings. The Morgan fingerprint density at radius 3 is 1.95 bits per heavy atom. The Hall–Kier alpha value is -4.41. The second kappa shape index (κ2) is 14.5. The molecular weight excluding hydrogens is 506 g/mol. The SMILES string of the molecule is COc1ccc(C(C)=O)cc1CC(=O)NC(C(=O)NCC(=O)CNC(=O)c1c(OC)cccc1OC)C(C)C. The number of hydrogen-bond acceptors (Lipinski definition) is 8. The van der Waals surface area contributed by atoms with Gasteiger partial charge in [-0.05, 0) is 43.2 Å². The summed E-state index contributed by atoms with van der Waals surface area (Å²) < 4.78 is 15.7. The van der Waals surface area contributed by atoms with E-state index in [2.05, 4.69) is 16.0 Å². The summed E-state index contributed by atoms with van der Waals surface area (Å²) in [5.41, 5.74) is 1.09. The average Bonchev–Trinajstić information content (AvgIpc) is 2.92. The smallest absolute Gasteiger partial charge is 0.259 e. The summed E-state index contributed by atoms with van der Waals surface area (Å²) in [7, 11) is 4.28. The molecule has 1 unspecified atom stereocenters. The van der Waals surface area contributed by atoms with Gasteiger partial charge in [-0.3, -0.25) is 24.0 Å². The maximum atomic E-state index is 12.8. The van der Waals surface area contributed by atoms with Crippen LogP contribution in [0, 0.1) is 5.92 Å². The number of amides is 3. The number of carbonyl (C=O) groups is 5. The predicted molar refractivity (Wildman–Crippen MR) is 143 cm³/mol. The van der Waals surface area contributed by atoms with Crippen LogP contribution in [0.3, 0.4) is 0 Å². The van der Waals surface area contributed by atoms with E-state index in [9.17, 15) is 24.0 Å². The van der Waals surface area contributed by atoms with Crippen molar-refractivity contribution in [2.75, 3.05) is 34.4 Å². The molecule has 2 aromatic carbocycles. The van der Waals surface area contributed by atoms with Crippen molar-refractivity contribution in [2.24, 2.45) is 5.92 Å². The zero-order chi connectivity index (χ0) is 29.1. The van der Waals surface area contributed by atoms with E-state index in [4.69, 9.17) is 14.2 Å². The summed E-state index contributed by atoms with van der Waals surface area (Å²) in [4.78, 5) is 62.3. The Kier molecular flexibility index (Phi) is 11.5. The summed E-state index contributed by atoms with van der Waals surface area (Å²) in [5.74, 6) is -1.44. The molecule has 0 spiro atoms. The molecule has 3 amide bonds. The van der Waals surface area contributed by atoms with Gasteiger partial charge in [-0.15, -0.1) is 0 Å². The van der Waals surface area contributed by atoms with Gasteiger partial charge in [0.15, 0.2) is 11.6 Å². The van der Waals surface area contributed by atoms with Crippen LogP contribution in [0.2, 0.25) is 0 Å². The van der Waals surface area contributed by atoms with E-state index in [-0.39, 0.29) is 48.3 Å². The Labute approximate surface area is 227 Å². The largest absolute Gasteiger partial charge is 0.496 e. The minimum absolute atomic E-state index is 0.113. The third-order valence-corrected chi connectivity index (χ3v) is 5.86. The highest BCUT2D eigenvalue weighted by atomic mass is 16.5.